The summed E-state index contributed by atoms with van der Waals surface area (Å²) in [5.41, 5.74) is 0. The Morgan fingerprint density at radius 3 is 1.26 bits per heavy atom. The van der Waals surface area contributed by atoms with Gasteiger partial charge < -0.3 is 0 Å². The molecule has 27 heavy (non-hydrogen) atoms. The molecule has 1 aliphatic carbocycles. The van der Waals surface area contributed by atoms with E-state index >= 15 is 0 Å². The number of aliphatic hydroxyl groups excluding tert-OH is 1. The Labute approximate surface area is 180 Å². The Morgan fingerprint density at radius 1 is 0.630 bits per heavy atom. The zero-order valence-electron chi connectivity index (χ0n) is 14.9. The van der Waals surface area contributed by atoms with E-state index < -0.39 is 0 Å². The van der Waals surface area contributed by atoms with Crippen LogP contribution in [0.3, 0.4) is 0 Å². The van der Waals surface area contributed by atoms with Gasteiger partial charge in [-0.2, -0.15) is 0 Å². The van der Waals surface area contributed by atoms with Gasteiger partial charge in [0.25, 0.3) is 0 Å². The van der Waals surface area contributed by atoms with Gasteiger partial charge in [-0.15, -0.1) is 0 Å². The van der Waals surface area contributed by atoms with Crippen LogP contribution in [0.4, 0.5) is 0 Å². The Hall–Kier alpha value is -0.822. The van der Waals surface area contributed by atoms with Crippen molar-refractivity contribution in [2.75, 3.05) is 0 Å². The molecule has 138 valence electrons. The molecule has 0 spiro atoms. The van der Waals surface area contributed by atoms with Crippen LogP contribution in [0.15, 0.2) is 91.0 Å². The molecule has 0 heterocycles. The minimum atomic E-state index is -0.196. The van der Waals surface area contributed by atoms with Crippen molar-refractivity contribution in [1.29, 1.82) is 0 Å². The van der Waals surface area contributed by atoms with Crippen molar-refractivity contribution in [3.63, 3.8) is 0 Å². The first kappa shape index (κ1) is 19.5. The summed E-state index contributed by atoms with van der Waals surface area (Å²) in [7, 11) is 0. The standard InChI is InChI=1S/C23H22OSe3/c24-22(18-16-17-18)23(25-19-10-4-1-5-11-19,26-20-12-6-2-7-13-20)27-21-14-8-3-9-15-21/h1-15,18,22,24H,16-17H2. The third-order valence-corrected chi connectivity index (χ3v) is 16.4. The van der Waals surface area contributed by atoms with Crippen LogP contribution in [-0.2, 0) is 0 Å². The van der Waals surface area contributed by atoms with Crippen LogP contribution in [0.25, 0.3) is 0 Å². The monoisotopic (exact) mass is 554 g/mol. The summed E-state index contributed by atoms with van der Waals surface area (Å²) >= 11 is 0.714. The van der Waals surface area contributed by atoms with E-state index in [2.05, 4.69) is 91.0 Å². The van der Waals surface area contributed by atoms with Crippen LogP contribution in [0, 0.1) is 5.92 Å². The fourth-order valence-corrected chi connectivity index (χ4v) is 16.7. The minimum absolute atomic E-state index is 0.00176. The summed E-state index contributed by atoms with van der Waals surface area (Å²) in [6, 6.07) is 32.6. The molecule has 0 amide bonds. The van der Waals surface area contributed by atoms with Gasteiger partial charge >= 0.3 is 181 Å². The van der Waals surface area contributed by atoms with Crippen molar-refractivity contribution in [1.82, 2.24) is 0 Å². The normalized spacial score (nSPS) is 15.4. The summed E-state index contributed by atoms with van der Waals surface area (Å²) in [6.07, 6.45) is 2.17. The third kappa shape index (κ3) is 5.16. The van der Waals surface area contributed by atoms with Crippen molar-refractivity contribution in [3.05, 3.63) is 91.0 Å². The number of aliphatic hydroxyl groups is 1. The van der Waals surface area contributed by atoms with Gasteiger partial charge in [0.15, 0.2) is 0 Å². The molecule has 0 aromatic heterocycles. The molecule has 3 aromatic rings. The van der Waals surface area contributed by atoms with Gasteiger partial charge in [-0.3, -0.25) is 0 Å². The molecule has 4 heteroatoms. The molecule has 4 rings (SSSR count). The summed E-state index contributed by atoms with van der Waals surface area (Å²) in [5.74, 6) is 0.492. The Bertz CT molecular complexity index is 734. The number of hydrogen-bond donors (Lipinski definition) is 1. The number of hydrogen-bond acceptors (Lipinski definition) is 1. The molecular formula is C23H22OSe3. The summed E-state index contributed by atoms with van der Waals surface area (Å²) < 4.78 is 4.21. The molecule has 0 aliphatic heterocycles. The molecule has 0 bridgehead atoms. The quantitative estimate of drug-likeness (QED) is 0.425. The van der Waals surface area contributed by atoms with Crippen LogP contribution in [0.1, 0.15) is 12.8 Å². The van der Waals surface area contributed by atoms with E-state index in [0.29, 0.717) is 5.92 Å². The summed E-state index contributed by atoms with van der Waals surface area (Å²) in [5, 5.41) is 11.5. The van der Waals surface area contributed by atoms with Gasteiger partial charge in [0.1, 0.15) is 0 Å². The van der Waals surface area contributed by atoms with Crippen molar-refractivity contribution in [2.45, 2.75) is 21.1 Å². The molecule has 1 atom stereocenters. The topological polar surface area (TPSA) is 20.2 Å². The molecule has 3 aromatic carbocycles. The zero-order chi connectivity index (χ0) is 18.5. The Morgan fingerprint density at radius 2 is 0.963 bits per heavy atom. The molecule has 0 radical (unpaired) electrons. The van der Waals surface area contributed by atoms with Gasteiger partial charge in [0.2, 0.25) is 0 Å². The first-order chi connectivity index (χ1) is 13.3. The van der Waals surface area contributed by atoms with E-state index in [-0.39, 0.29) is 53.1 Å². The van der Waals surface area contributed by atoms with Gasteiger partial charge in [0, 0.05) is 0 Å². The second-order valence-corrected chi connectivity index (χ2v) is 18.9. The zero-order valence-corrected chi connectivity index (χ0v) is 20.0. The molecule has 1 aliphatic rings. The maximum absolute atomic E-state index is 11.5. The molecule has 1 nitrogen and oxygen atoms in total. The van der Waals surface area contributed by atoms with Crippen LogP contribution in [-0.4, -0.2) is 56.1 Å². The van der Waals surface area contributed by atoms with Crippen molar-refractivity contribution < 1.29 is 5.11 Å². The third-order valence-electron chi connectivity index (χ3n) is 4.44. The SMILES string of the molecule is OC(C1CC1)C([Se]c1ccccc1)([Se]c1ccccc1)[Se]c1ccccc1. The predicted octanol–water partition coefficient (Wildman–Crippen LogP) is 1.92. The van der Waals surface area contributed by atoms with E-state index in [0.717, 1.165) is 0 Å². The Balaban J connectivity index is 1.73. The van der Waals surface area contributed by atoms with E-state index in [1.807, 2.05) is 0 Å². The summed E-state index contributed by atoms with van der Waals surface area (Å²) in [6.45, 7) is 0. The Kier molecular flexibility index (Phi) is 6.58. The first-order valence-electron chi connectivity index (χ1n) is 9.15. The van der Waals surface area contributed by atoms with E-state index in [4.69, 9.17) is 0 Å². The van der Waals surface area contributed by atoms with Crippen LogP contribution < -0.4 is 13.4 Å². The fraction of sp³-hybridized carbons (Fsp3) is 0.217. The molecule has 1 N–H and O–H groups in total. The van der Waals surface area contributed by atoms with Crippen LogP contribution >= 0.6 is 0 Å². The van der Waals surface area contributed by atoms with Crippen molar-refractivity contribution in [3.8, 4) is 0 Å². The van der Waals surface area contributed by atoms with Gasteiger partial charge in [-0.25, -0.2) is 0 Å². The number of benzene rings is 3. The van der Waals surface area contributed by atoms with E-state index in [1.54, 1.807) is 0 Å². The van der Waals surface area contributed by atoms with Crippen LogP contribution in [0.2, 0.25) is 2.11 Å². The first-order valence-corrected chi connectivity index (χ1v) is 14.3. The van der Waals surface area contributed by atoms with Gasteiger partial charge in [-0.05, 0) is 0 Å². The fourth-order valence-electron chi connectivity index (χ4n) is 2.90. The molecule has 1 saturated carbocycles. The average molecular weight is 551 g/mol. The second-order valence-electron chi connectivity index (χ2n) is 6.63. The average Bonchev–Trinajstić information content (AvgIpc) is 3.55. The number of rotatable bonds is 8. The van der Waals surface area contributed by atoms with E-state index in [9.17, 15) is 5.11 Å². The molecular weight excluding hydrogens is 529 g/mol. The maximum atomic E-state index is 11.5. The van der Waals surface area contributed by atoms with E-state index in [1.165, 1.54) is 26.2 Å². The molecule has 1 fully saturated rings. The van der Waals surface area contributed by atoms with Crippen molar-refractivity contribution >= 4 is 58.3 Å². The second kappa shape index (κ2) is 9.12. The van der Waals surface area contributed by atoms with Gasteiger partial charge in [0.05, 0.1) is 0 Å². The summed E-state index contributed by atoms with van der Waals surface area (Å²) in [4.78, 5) is 0. The molecule has 1 unspecified atom stereocenters. The van der Waals surface area contributed by atoms with Gasteiger partial charge in [-0.1, -0.05) is 0 Å². The van der Waals surface area contributed by atoms with Crippen LogP contribution in [0.5, 0.6) is 0 Å². The van der Waals surface area contributed by atoms with Crippen molar-refractivity contribution in [2.24, 2.45) is 5.92 Å². The molecule has 0 saturated heterocycles. The predicted molar refractivity (Wildman–Crippen MR) is 117 cm³/mol.